The molecule has 0 aliphatic rings. The molecule has 0 fully saturated rings. The lowest BCUT2D eigenvalue weighted by Gasteiger charge is -2.10. The summed E-state index contributed by atoms with van der Waals surface area (Å²) in [5.74, 6) is -0.0452. The van der Waals surface area contributed by atoms with Crippen LogP contribution in [0.3, 0.4) is 0 Å². The fraction of sp³-hybridized carbons (Fsp3) is 0.222. The van der Waals surface area contributed by atoms with E-state index in [1.807, 2.05) is 25.1 Å². The van der Waals surface area contributed by atoms with Crippen molar-refractivity contribution in [1.82, 2.24) is 0 Å². The van der Waals surface area contributed by atoms with Crippen LogP contribution in [0.1, 0.15) is 15.9 Å². The van der Waals surface area contributed by atoms with Crippen molar-refractivity contribution < 1.29 is 4.79 Å². The number of benzene rings is 1. The van der Waals surface area contributed by atoms with Crippen molar-refractivity contribution in [3.63, 3.8) is 0 Å². The van der Waals surface area contributed by atoms with E-state index < -0.39 is 2.14 Å². The second-order valence-corrected chi connectivity index (χ2v) is 9.46. The molecular weight excluding hydrogens is 364 g/mol. The number of hydrogen-bond acceptors (Lipinski definition) is 1. The molecule has 0 saturated carbocycles. The van der Waals surface area contributed by atoms with Gasteiger partial charge in [-0.25, -0.2) is 0 Å². The first-order valence-corrected chi connectivity index (χ1v) is 5.97. The van der Waals surface area contributed by atoms with Gasteiger partial charge in [-0.2, -0.15) is 0 Å². The summed E-state index contributed by atoms with van der Waals surface area (Å²) in [4.78, 5) is 11.7. The van der Waals surface area contributed by atoms with Crippen LogP contribution < -0.4 is 0 Å². The molecule has 1 aromatic rings. The normalized spacial score (nSPS) is 11.4. The predicted molar refractivity (Wildman–Crippen MR) is 65.0 cm³/mol. The highest BCUT2D eigenvalue weighted by molar-refractivity contribution is 9.40. The minimum Gasteiger partial charge on any atom is -0.291 e. The fourth-order valence-electron chi connectivity index (χ4n) is 0.950. The van der Waals surface area contributed by atoms with Gasteiger partial charge in [0.05, 0.1) is 0 Å². The number of alkyl halides is 3. The van der Waals surface area contributed by atoms with Crippen molar-refractivity contribution in [1.29, 1.82) is 0 Å². The summed E-state index contributed by atoms with van der Waals surface area (Å²) < 4.78 is -0.846. The lowest BCUT2D eigenvalue weighted by molar-refractivity contribution is 0.101. The van der Waals surface area contributed by atoms with Crippen LogP contribution in [0.5, 0.6) is 0 Å². The molecule has 13 heavy (non-hydrogen) atoms. The molecule has 0 radical (unpaired) electrons. The fourth-order valence-corrected chi connectivity index (χ4v) is 1.64. The van der Waals surface area contributed by atoms with Crippen molar-refractivity contribution in [2.75, 3.05) is 0 Å². The molecule has 4 heteroatoms. The SMILES string of the molecule is Cc1cccc(C(=O)C(Br)(Br)Br)c1. The second kappa shape index (κ2) is 4.24. The monoisotopic (exact) mass is 368 g/mol. The maximum Gasteiger partial charge on any atom is 0.201 e. The van der Waals surface area contributed by atoms with E-state index in [0.29, 0.717) is 5.56 Å². The number of carbonyl (C=O) groups excluding carboxylic acids is 1. The average Bonchev–Trinajstić information content (AvgIpc) is 2.01. The number of hydrogen-bond donors (Lipinski definition) is 0. The van der Waals surface area contributed by atoms with E-state index in [9.17, 15) is 4.79 Å². The molecule has 1 aromatic carbocycles. The van der Waals surface area contributed by atoms with Crippen molar-refractivity contribution in [2.24, 2.45) is 0 Å². The molecule has 0 heterocycles. The van der Waals surface area contributed by atoms with Crippen molar-refractivity contribution in [3.05, 3.63) is 35.4 Å². The van der Waals surface area contributed by atoms with Crippen LogP contribution in [-0.4, -0.2) is 7.93 Å². The zero-order chi connectivity index (χ0) is 10.1. The predicted octanol–water partition coefficient (Wildman–Crippen LogP) is 4.02. The number of aryl methyl sites for hydroxylation is 1. The zero-order valence-corrected chi connectivity index (χ0v) is 11.6. The standard InChI is InChI=1S/C9H7Br3O/c1-6-3-2-4-7(5-6)8(13)9(10,11)12/h2-5H,1H3. The van der Waals surface area contributed by atoms with E-state index in [0.717, 1.165) is 5.56 Å². The van der Waals surface area contributed by atoms with E-state index >= 15 is 0 Å². The highest BCUT2D eigenvalue weighted by Crippen LogP contribution is 2.36. The average molecular weight is 371 g/mol. The van der Waals surface area contributed by atoms with Crippen LogP contribution in [0.4, 0.5) is 0 Å². The minimum atomic E-state index is -0.846. The van der Waals surface area contributed by atoms with Gasteiger partial charge in [0, 0.05) is 5.56 Å². The van der Waals surface area contributed by atoms with Gasteiger partial charge in [-0.15, -0.1) is 0 Å². The Labute approximate surface area is 102 Å². The van der Waals surface area contributed by atoms with E-state index in [1.54, 1.807) is 6.07 Å². The van der Waals surface area contributed by atoms with Crippen LogP contribution in [-0.2, 0) is 0 Å². The second-order valence-electron chi connectivity index (χ2n) is 2.70. The summed E-state index contributed by atoms with van der Waals surface area (Å²) >= 11 is 9.57. The van der Waals surface area contributed by atoms with Crippen LogP contribution >= 0.6 is 47.8 Å². The molecule has 0 unspecified atom stereocenters. The topological polar surface area (TPSA) is 17.1 Å². The highest BCUT2D eigenvalue weighted by atomic mass is 80.0. The first-order chi connectivity index (χ1) is 5.91. The first kappa shape index (κ1) is 11.4. The quantitative estimate of drug-likeness (QED) is 0.539. The Morgan fingerprint density at radius 1 is 1.31 bits per heavy atom. The number of rotatable bonds is 1. The smallest absolute Gasteiger partial charge is 0.201 e. The maximum absolute atomic E-state index is 11.7. The van der Waals surface area contributed by atoms with E-state index in [2.05, 4.69) is 47.8 Å². The van der Waals surface area contributed by atoms with Gasteiger partial charge in [0.25, 0.3) is 0 Å². The number of Topliss-reactive ketones (excluding diaryl/α,β-unsaturated/α-hetero) is 1. The highest BCUT2D eigenvalue weighted by Gasteiger charge is 2.29. The first-order valence-electron chi connectivity index (χ1n) is 3.59. The summed E-state index contributed by atoms with van der Waals surface area (Å²) in [6.45, 7) is 1.95. The number of ketones is 1. The Morgan fingerprint density at radius 2 is 1.92 bits per heavy atom. The van der Waals surface area contributed by atoms with Gasteiger partial charge in [0.2, 0.25) is 5.78 Å². The molecule has 0 N–H and O–H groups in total. The Hall–Kier alpha value is 0.330. The Morgan fingerprint density at radius 3 is 2.38 bits per heavy atom. The molecule has 0 saturated heterocycles. The lowest BCUT2D eigenvalue weighted by Crippen LogP contribution is -2.16. The molecule has 0 aromatic heterocycles. The third kappa shape index (κ3) is 3.18. The Bertz CT molecular complexity index is 328. The molecule has 1 rings (SSSR count). The van der Waals surface area contributed by atoms with Crippen LogP contribution in [0.2, 0.25) is 0 Å². The van der Waals surface area contributed by atoms with Crippen molar-refractivity contribution >= 4 is 53.6 Å². The van der Waals surface area contributed by atoms with Crippen molar-refractivity contribution in [3.8, 4) is 0 Å². The van der Waals surface area contributed by atoms with Gasteiger partial charge < -0.3 is 0 Å². The van der Waals surface area contributed by atoms with Crippen LogP contribution in [0, 0.1) is 6.92 Å². The zero-order valence-electron chi connectivity index (χ0n) is 6.85. The maximum atomic E-state index is 11.7. The van der Waals surface area contributed by atoms with E-state index in [-0.39, 0.29) is 5.78 Å². The van der Waals surface area contributed by atoms with Gasteiger partial charge in [-0.05, 0) is 13.0 Å². The largest absolute Gasteiger partial charge is 0.291 e. The molecule has 0 spiro atoms. The van der Waals surface area contributed by atoms with Gasteiger partial charge in [-0.3, -0.25) is 4.79 Å². The molecule has 0 aliphatic heterocycles. The van der Waals surface area contributed by atoms with Gasteiger partial charge in [-0.1, -0.05) is 71.6 Å². The van der Waals surface area contributed by atoms with Crippen LogP contribution in [0.25, 0.3) is 0 Å². The summed E-state index contributed by atoms with van der Waals surface area (Å²) in [6.07, 6.45) is 0. The Kier molecular flexibility index (Phi) is 3.72. The minimum absolute atomic E-state index is 0.0452. The molecule has 0 aliphatic carbocycles. The third-order valence-electron chi connectivity index (χ3n) is 1.54. The molecule has 0 atom stereocenters. The summed E-state index contributed by atoms with van der Waals surface area (Å²) in [5.41, 5.74) is 1.74. The van der Waals surface area contributed by atoms with Gasteiger partial charge in [0.15, 0.2) is 2.14 Å². The molecule has 0 bridgehead atoms. The van der Waals surface area contributed by atoms with E-state index in [4.69, 9.17) is 0 Å². The number of halogens is 3. The molecule has 1 nitrogen and oxygen atoms in total. The van der Waals surface area contributed by atoms with Gasteiger partial charge >= 0.3 is 0 Å². The summed E-state index contributed by atoms with van der Waals surface area (Å²) in [5, 5.41) is 0. The molecule has 70 valence electrons. The van der Waals surface area contributed by atoms with Gasteiger partial charge in [0.1, 0.15) is 0 Å². The van der Waals surface area contributed by atoms with Crippen molar-refractivity contribution in [2.45, 2.75) is 9.07 Å². The molecular formula is C9H7Br3O. The lowest BCUT2D eigenvalue weighted by atomic mass is 10.1. The summed E-state index contributed by atoms with van der Waals surface area (Å²) in [6, 6.07) is 7.45. The molecule has 0 amide bonds. The van der Waals surface area contributed by atoms with Crippen LogP contribution in [0.15, 0.2) is 24.3 Å². The Balaban J connectivity index is 3.03. The van der Waals surface area contributed by atoms with E-state index in [1.165, 1.54) is 0 Å². The number of carbonyl (C=O) groups is 1. The summed E-state index contributed by atoms with van der Waals surface area (Å²) in [7, 11) is 0. The third-order valence-corrected chi connectivity index (χ3v) is 2.62.